The highest BCUT2D eigenvalue weighted by Gasteiger charge is 2.33. The Morgan fingerprint density at radius 3 is 2.62 bits per heavy atom. The van der Waals surface area contributed by atoms with Gasteiger partial charge in [-0.25, -0.2) is 4.39 Å². The van der Waals surface area contributed by atoms with Gasteiger partial charge in [0, 0.05) is 10.0 Å². The second-order valence-electron chi connectivity index (χ2n) is 4.88. The van der Waals surface area contributed by atoms with E-state index in [1.807, 2.05) is 18.2 Å². The van der Waals surface area contributed by atoms with Gasteiger partial charge in [0.1, 0.15) is 11.6 Å². The van der Waals surface area contributed by atoms with E-state index >= 15 is 0 Å². The molecule has 2 aromatic rings. The van der Waals surface area contributed by atoms with E-state index in [1.54, 1.807) is 13.2 Å². The van der Waals surface area contributed by atoms with Gasteiger partial charge in [-0.2, -0.15) is 0 Å². The first-order valence-electron chi connectivity index (χ1n) is 6.86. The lowest BCUT2D eigenvalue weighted by atomic mass is 10.2. The molecule has 0 unspecified atom stereocenters. The van der Waals surface area contributed by atoms with Crippen LogP contribution in [0.3, 0.4) is 0 Å². The molecule has 0 bridgehead atoms. The molecule has 0 atom stereocenters. The lowest BCUT2D eigenvalue weighted by Crippen LogP contribution is -2.27. The first-order valence-corrected chi connectivity index (χ1v) is 8.88. The summed E-state index contributed by atoms with van der Waals surface area (Å²) in [5, 5.41) is 0. The molecule has 0 spiro atoms. The monoisotopic (exact) mass is 423 g/mol. The number of amides is 1. The number of ether oxygens (including phenoxy) is 1. The van der Waals surface area contributed by atoms with Gasteiger partial charge in [-0.3, -0.25) is 9.69 Å². The zero-order chi connectivity index (χ0) is 17.3. The van der Waals surface area contributed by atoms with E-state index in [-0.39, 0.29) is 11.7 Å². The number of hydrogen-bond donors (Lipinski definition) is 0. The van der Waals surface area contributed by atoms with Gasteiger partial charge in [-0.05, 0) is 48.5 Å². The Balaban J connectivity index is 1.97. The molecule has 0 saturated carbocycles. The highest BCUT2D eigenvalue weighted by molar-refractivity contribution is 9.10. The maximum absolute atomic E-state index is 13.1. The molecule has 24 heavy (non-hydrogen) atoms. The van der Waals surface area contributed by atoms with E-state index in [0.717, 1.165) is 10.0 Å². The molecule has 2 aromatic carbocycles. The second-order valence-corrected chi connectivity index (χ2v) is 7.47. The third kappa shape index (κ3) is 3.38. The van der Waals surface area contributed by atoms with E-state index in [0.29, 0.717) is 20.7 Å². The normalized spacial score (nSPS) is 16.1. The lowest BCUT2D eigenvalue weighted by Gasteiger charge is -2.14. The fraction of sp³-hybridized carbons (Fsp3) is 0.0588. The molecular formula is C17H11BrFNO2S2. The number of thioether (sulfide) groups is 1. The maximum atomic E-state index is 13.1. The Kier molecular flexibility index (Phi) is 5.03. The van der Waals surface area contributed by atoms with Crippen LogP contribution in [0.15, 0.2) is 51.8 Å². The summed E-state index contributed by atoms with van der Waals surface area (Å²) < 4.78 is 19.7. The molecule has 0 aromatic heterocycles. The van der Waals surface area contributed by atoms with Crippen molar-refractivity contribution in [3.05, 3.63) is 63.2 Å². The van der Waals surface area contributed by atoms with Gasteiger partial charge >= 0.3 is 0 Å². The van der Waals surface area contributed by atoms with Crippen LogP contribution < -0.4 is 9.64 Å². The Bertz CT molecular complexity index is 852. The van der Waals surface area contributed by atoms with Gasteiger partial charge in [0.15, 0.2) is 4.32 Å². The van der Waals surface area contributed by atoms with Crippen molar-refractivity contribution >= 4 is 61.9 Å². The maximum Gasteiger partial charge on any atom is 0.270 e. The number of carbonyl (C=O) groups is 1. The van der Waals surface area contributed by atoms with E-state index < -0.39 is 0 Å². The molecular weight excluding hydrogens is 413 g/mol. The number of nitrogens with zero attached hydrogens (tertiary/aromatic N) is 1. The predicted molar refractivity (Wildman–Crippen MR) is 103 cm³/mol. The summed E-state index contributed by atoms with van der Waals surface area (Å²) in [4.78, 5) is 14.6. The molecule has 1 fully saturated rings. The number of benzene rings is 2. The van der Waals surface area contributed by atoms with Crippen molar-refractivity contribution in [2.75, 3.05) is 12.0 Å². The zero-order valence-corrected chi connectivity index (χ0v) is 15.7. The summed E-state index contributed by atoms with van der Waals surface area (Å²) in [7, 11) is 1.57. The quantitative estimate of drug-likeness (QED) is 0.512. The van der Waals surface area contributed by atoms with Gasteiger partial charge in [-0.15, -0.1) is 0 Å². The smallest absolute Gasteiger partial charge is 0.270 e. The first kappa shape index (κ1) is 17.1. The third-order valence-electron chi connectivity index (χ3n) is 3.36. The summed E-state index contributed by atoms with van der Waals surface area (Å²) in [5.74, 6) is 0.0579. The Morgan fingerprint density at radius 1 is 1.25 bits per heavy atom. The number of methoxy groups -OCH3 is 1. The van der Waals surface area contributed by atoms with Crippen molar-refractivity contribution in [2.45, 2.75) is 0 Å². The van der Waals surface area contributed by atoms with Crippen molar-refractivity contribution in [1.82, 2.24) is 0 Å². The van der Waals surface area contributed by atoms with Gasteiger partial charge < -0.3 is 4.74 Å². The average molecular weight is 424 g/mol. The van der Waals surface area contributed by atoms with Crippen LogP contribution in [0.4, 0.5) is 10.1 Å². The molecule has 0 aliphatic carbocycles. The summed E-state index contributed by atoms with van der Waals surface area (Å²) in [6, 6.07) is 11.2. The van der Waals surface area contributed by atoms with Crippen LogP contribution in [0, 0.1) is 5.82 Å². The van der Waals surface area contributed by atoms with E-state index in [4.69, 9.17) is 17.0 Å². The van der Waals surface area contributed by atoms with Crippen LogP contribution in [-0.2, 0) is 4.79 Å². The molecule has 1 saturated heterocycles. The fourth-order valence-corrected chi connectivity index (χ4v) is 3.91. The largest absolute Gasteiger partial charge is 0.496 e. The second kappa shape index (κ2) is 7.04. The van der Waals surface area contributed by atoms with Crippen molar-refractivity contribution in [1.29, 1.82) is 0 Å². The van der Waals surface area contributed by atoms with Crippen molar-refractivity contribution < 1.29 is 13.9 Å². The minimum Gasteiger partial charge on any atom is -0.496 e. The van der Waals surface area contributed by atoms with Crippen LogP contribution in [0.5, 0.6) is 5.75 Å². The van der Waals surface area contributed by atoms with E-state index in [9.17, 15) is 9.18 Å². The van der Waals surface area contributed by atoms with Crippen LogP contribution in [0.2, 0.25) is 0 Å². The summed E-state index contributed by atoms with van der Waals surface area (Å²) >= 11 is 9.92. The number of rotatable bonds is 3. The Morgan fingerprint density at radius 2 is 1.96 bits per heavy atom. The van der Waals surface area contributed by atoms with Gasteiger partial charge in [0.2, 0.25) is 0 Å². The molecule has 1 heterocycles. The number of anilines is 1. The third-order valence-corrected chi connectivity index (χ3v) is 5.15. The number of thiocarbonyl (C=S) groups is 1. The molecule has 3 nitrogen and oxygen atoms in total. The lowest BCUT2D eigenvalue weighted by molar-refractivity contribution is -0.113. The molecule has 1 aliphatic rings. The molecule has 122 valence electrons. The molecule has 1 amide bonds. The van der Waals surface area contributed by atoms with Crippen molar-refractivity contribution in [2.24, 2.45) is 0 Å². The standard InChI is InChI=1S/C17H11BrFNO2S2/c1-22-14-7-2-11(18)8-10(14)9-15-16(21)20(17(23)24-15)13-5-3-12(19)4-6-13/h2-9H,1H3. The highest BCUT2D eigenvalue weighted by atomic mass is 79.9. The van der Waals surface area contributed by atoms with Crippen molar-refractivity contribution in [3.63, 3.8) is 0 Å². The SMILES string of the molecule is COc1ccc(Br)cc1C=C1SC(=S)N(c2ccc(F)cc2)C1=O. The number of hydrogen-bond acceptors (Lipinski definition) is 4. The summed E-state index contributed by atoms with van der Waals surface area (Å²) in [6.45, 7) is 0. The summed E-state index contributed by atoms with van der Waals surface area (Å²) in [6.07, 6.45) is 1.74. The number of halogens is 2. The zero-order valence-electron chi connectivity index (χ0n) is 12.5. The molecule has 3 rings (SSSR count). The molecule has 0 N–H and O–H groups in total. The van der Waals surface area contributed by atoms with Crippen LogP contribution >= 0.6 is 39.9 Å². The van der Waals surface area contributed by atoms with Crippen LogP contribution in [0.1, 0.15) is 5.56 Å². The summed E-state index contributed by atoms with van der Waals surface area (Å²) in [5.41, 5.74) is 1.31. The van der Waals surface area contributed by atoms with Crippen LogP contribution in [-0.4, -0.2) is 17.3 Å². The average Bonchev–Trinajstić information content (AvgIpc) is 2.83. The van der Waals surface area contributed by atoms with Gasteiger partial charge in [-0.1, -0.05) is 39.9 Å². The highest BCUT2D eigenvalue weighted by Crippen LogP contribution is 2.37. The molecule has 1 aliphatic heterocycles. The Labute approximate surface area is 156 Å². The molecule has 7 heteroatoms. The predicted octanol–water partition coefficient (Wildman–Crippen LogP) is 5.00. The van der Waals surface area contributed by atoms with Crippen molar-refractivity contribution in [3.8, 4) is 5.75 Å². The van der Waals surface area contributed by atoms with Crippen LogP contribution in [0.25, 0.3) is 6.08 Å². The number of carbonyl (C=O) groups excluding carboxylic acids is 1. The van der Waals surface area contributed by atoms with E-state index in [1.165, 1.54) is 40.9 Å². The minimum atomic E-state index is -0.362. The van der Waals surface area contributed by atoms with E-state index in [2.05, 4.69) is 15.9 Å². The first-order chi connectivity index (χ1) is 11.5. The fourth-order valence-electron chi connectivity index (χ4n) is 2.24. The molecule has 0 radical (unpaired) electrons. The van der Waals surface area contributed by atoms with Gasteiger partial charge in [0.05, 0.1) is 17.7 Å². The Hall–Kier alpha value is -1.70. The topological polar surface area (TPSA) is 29.5 Å². The van der Waals surface area contributed by atoms with Gasteiger partial charge in [0.25, 0.3) is 5.91 Å². The minimum absolute atomic E-state index is 0.237.